The van der Waals surface area contributed by atoms with E-state index in [-0.39, 0.29) is 5.91 Å². The van der Waals surface area contributed by atoms with Crippen molar-refractivity contribution >= 4 is 22.5 Å². The van der Waals surface area contributed by atoms with E-state index in [1.807, 2.05) is 30.3 Å². The summed E-state index contributed by atoms with van der Waals surface area (Å²) in [6, 6.07) is 9.58. The summed E-state index contributed by atoms with van der Waals surface area (Å²) in [6.07, 6.45) is 3.13. The van der Waals surface area contributed by atoms with Gasteiger partial charge in [-0.25, -0.2) is 0 Å². The molecule has 0 radical (unpaired) electrons. The maximum absolute atomic E-state index is 12.6. The smallest absolute Gasteiger partial charge is 0.256 e. The Morgan fingerprint density at radius 1 is 1.33 bits per heavy atom. The first-order valence-electron chi connectivity index (χ1n) is 7.16. The summed E-state index contributed by atoms with van der Waals surface area (Å²) < 4.78 is 5.54. The molecule has 1 fully saturated rings. The molecule has 0 unspecified atom stereocenters. The van der Waals surface area contributed by atoms with Crippen molar-refractivity contribution in [2.45, 2.75) is 18.4 Å². The van der Waals surface area contributed by atoms with Gasteiger partial charge in [0, 0.05) is 24.4 Å². The predicted octanol–water partition coefficient (Wildman–Crippen LogP) is 1.94. The van der Waals surface area contributed by atoms with Crippen molar-refractivity contribution in [3.63, 3.8) is 0 Å². The number of aromatic nitrogens is 1. The number of carbonyl (C=O) groups is 1. The van der Waals surface area contributed by atoms with Crippen LogP contribution in [-0.2, 0) is 9.53 Å². The Morgan fingerprint density at radius 3 is 2.90 bits per heavy atom. The Bertz CT molecular complexity index is 651. The topological polar surface area (TPSA) is 63.2 Å². The molecule has 0 aliphatic carbocycles. The van der Waals surface area contributed by atoms with Crippen LogP contribution in [0.5, 0.6) is 0 Å². The molecule has 5 nitrogen and oxygen atoms in total. The number of carbonyl (C=O) groups excluding carboxylic acids is 1. The minimum Gasteiger partial charge on any atom is -0.368 e. The quantitative estimate of drug-likeness (QED) is 0.904. The number of amides is 1. The fourth-order valence-corrected chi connectivity index (χ4v) is 2.75. The lowest BCUT2D eigenvalue weighted by molar-refractivity contribution is -0.140. The number of nitrogens with zero attached hydrogens (tertiary/aromatic N) is 1. The molecule has 5 heteroatoms. The number of rotatable bonds is 3. The number of nitrogens with one attached hydrogen (secondary N) is 2. The molecule has 0 bridgehead atoms. The molecule has 110 valence electrons. The Kier molecular flexibility index (Phi) is 3.86. The number of anilines is 1. The van der Waals surface area contributed by atoms with E-state index in [0.717, 1.165) is 29.7 Å². The largest absolute Gasteiger partial charge is 0.368 e. The predicted molar refractivity (Wildman–Crippen MR) is 82.2 cm³/mol. The summed E-state index contributed by atoms with van der Waals surface area (Å²) in [7, 11) is 1.61. The molecule has 2 aromatic rings. The van der Waals surface area contributed by atoms with E-state index in [4.69, 9.17) is 4.74 Å². The van der Waals surface area contributed by atoms with E-state index in [2.05, 4.69) is 15.6 Å². The number of hydrogen-bond acceptors (Lipinski definition) is 4. The van der Waals surface area contributed by atoms with Gasteiger partial charge in [0.1, 0.15) is 5.60 Å². The number of ether oxygens (including phenoxy) is 1. The molecule has 1 saturated heterocycles. The number of piperidine rings is 1. The molecule has 0 atom stereocenters. The number of benzene rings is 1. The van der Waals surface area contributed by atoms with Crippen LogP contribution >= 0.6 is 0 Å². The van der Waals surface area contributed by atoms with Crippen LogP contribution in [0.15, 0.2) is 36.5 Å². The van der Waals surface area contributed by atoms with Crippen LogP contribution in [0.4, 0.5) is 5.69 Å². The molecular weight excluding hydrogens is 266 g/mol. The molecule has 1 aromatic heterocycles. The molecule has 0 saturated carbocycles. The van der Waals surface area contributed by atoms with Crippen LogP contribution in [0.1, 0.15) is 12.8 Å². The second-order valence-electron chi connectivity index (χ2n) is 5.31. The Labute approximate surface area is 123 Å². The van der Waals surface area contributed by atoms with Crippen LogP contribution < -0.4 is 10.6 Å². The van der Waals surface area contributed by atoms with Gasteiger partial charge < -0.3 is 15.4 Å². The van der Waals surface area contributed by atoms with Crippen molar-refractivity contribution in [2.24, 2.45) is 0 Å². The first-order valence-corrected chi connectivity index (χ1v) is 7.16. The van der Waals surface area contributed by atoms with Gasteiger partial charge in [-0.1, -0.05) is 6.07 Å². The first kappa shape index (κ1) is 14.0. The maximum Gasteiger partial charge on any atom is 0.256 e. The third-order valence-electron chi connectivity index (χ3n) is 4.08. The fourth-order valence-electron chi connectivity index (χ4n) is 2.75. The van der Waals surface area contributed by atoms with E-state index in [1.165, 1.54) is 0 Å². The number of hydrogen-bond donors (Lipinski definition) is 2. The van der Waals surface area contributed by atoms with Crippen LogP contribution in [0.25, 0.3) is 10.9 Å². The standard InChI is InChI=1S/C16H19N3O2/c1-21-16(6-9-17-10-7-16)15(20)19-13-4-5-14-12(11-13)3-2-8-18-14/h2-5,8,11,17H,6-7,9-10H2,1H3,(H,19,20). The van der Waals surface area contributed by atoms with Crippen molar-refractivity contribution < 1.29 is 9.53 Å². The molecule has 3 rings (SSSR count). The molecule has 1 amide bonds. The fraction of sp³-hybridized carbons (Fsp3) is 0.375. The Morgan fingerprint density at radius 2 is 2.14 bits per heavy atom. The summed E-state index contributed by atoms with van der Waals surface area (Å²) in [5.74, 6) is -0.0743. The second-order valence-corrected chi connectivity index (χ2v) is 5.31. The lowest BCUT2D eigenvalue weighted by Gasteiger charge is -2.34. The van der Waals surface area contributed by atoms with E-state index < -0.39 is 5.60 Å². The van der Waals surface area contributed by atoms with Gasteiger partial charge in [-0.15, -0.1) is 0 Å². The monoisotopic (exact) mass is 285 g/mol. The van der Waals surface area contributed by atoms with Crippen molar-refractivity contribution in [2.75, 3.05) is 25.5 Å². The van der Waals surface area contributed by atoms with E-state index in [0.29, 0.717) is 12.8 Å². The average molecular weight is 285 g/mol. The second kappa shape index (κ2) is 5.79. The molecule has 1 aliphatic rings. The van der Waals surface area contributed by atoms with Gasteiger partial charge in [0.15, 0.2) is 0 Å². The lowest BCUT2D eigenvalue weighted by Crippen LogP contribution is -2.51. The SMILES string of the molecule is COC1(C(=O)Nc2ccc3ncccc3c2)CCNCC1. The van der Waals surface area contributed by atoms with Gasteiger partial charge >= 0.3 is 0 Å². The highest BCUT2D eigenvalue weighted by molar-refractivity contribution is 5.99. The average Bonchev–Trinajstić information content (AvgIpc) is 2.55. The Balaban J connectivity index is 1.81. The minimum absolute atomic E-state index is 0.0743. The van der Waals surface area contributed by atoms with E-state index in [9.17, 15) is 4.79 Å². The number of fused-ring (bicyclic) bond motifs is 1. The van der Waals surface area contributed by atoms with E-state index >= 15 is 0 Å². The highest BCUT2D eigenvalue weighted by atomic mass is 16.5. The zero-order chi connectivity index (χ0) is 14.7. The zero-order valence-electron chi connectivity index (χ0n) is 12.1. The summed E-state index contributed by atoms with van der Waals surface area (Å²) >= 11 is 0. The maximum atomic E-state index is 12.6. The van der Waals surface area contributed by atoms with Gasteiger partial charge in [-0.05, 0) is 50.2 Å². The van der Waals surface area contributed by atoms with Crippen LogP contribution in [0, 0.1) is 0 Å². The lowest BCUT2D eigenvalue weighted by atomic mass is 9.91. The number of pyridine rings is 1. The molecular formula is C16H19N3O2. The summed E-state index contributed by atoms with van der Waals surface area (Å²) in [4.78, 5) is 16.9. The molecule has 1 aromatic carbocycles. The van der Waals surface area contributed by atoms with Crippen LogP contribution in [0.3, 0.4) is 0 Å². The normalized spacial score (nSPS) is 17.6. The highest BCUT2D eigenvalue weighted by Crippen LogP contribution is 2.25. The van der Waals surface area contributed by atoms with Crippen molar-refractivity contribution in [3.8, 4) is 0 Å². The third-order valence-corrected chi connectivity index (χ3v) is 4.08. The summed E-state index contributed by atoms with van der Waals surface area (Å²) in [6.45, 7) is 1.59. The minimum atomic E-state index is -0.727. The van der Waals surface area contributed by atoms with Gasteiger partial charge in [0.05, 0.1) is 5.52 Å². The highest BCUT2D eigenvalue weighted by Gasteiger charge is 2.39. The van der Waals surface area contributed by atoms with Gasteiger partial charge in [0.2, 0.25) is 0 Å². The molecule has 2 N–H and O–H groups in total. The van der Waals surface area contributed by atoms with Crippen molar-refractivity contribution in [1.82, 2.24) is 10.3 Å². The van der Waals surface area contributed by atoms with Crippen molar-refractivity contribution in [1.29, 1.82) is 0 Å². The molecule has 2 heterocycles. The first-order chi connectivity index (χ1) is 10.2. The van der Waals surface area contributed by atoms with Gasteiger partial charge in [-0.2, -0.15) is 0 Å². The third kappa shape index (κ3) is 2.75. The molecule has 21 heavy (non-hydrogen) atoms. The number of methoxy groups -OCH3 is 1. The molecule has 0 spiro atoms. The zero-order valence-corrected chi connectivity index (χ0v) is 12.1. The van der Waals surface area contributed by atoms with Crippen molar-refractivity contribution in [3.05, 3.63) is 36.5 Å². The van der Waals surface area contributed by atoms with Gasteiger partial charge in [0.25, 0.3) is 5.91 Å². The summed E-state index contributed by atoms with van der Waals surface area (Å²) in [5, 5.41) is 7.23. The van der Waals surface area contributed by atoms with Gasteiger partial charge in [-0.3, -0.25) is 9.78 Å². The molecule has 1 aliphatic heterocycles. The Hall–Kier alpha value is -1.98. The van der Waals surface area contributed by atoms with E-state index in [1.54, 1.807) is 13.3 Å². The summed E-state index contributed by atoms with van der Waals surface area (Å²) in [5.41, 5.74) is 0.962. The van der Waals surface area contributed by atoms with Crippen LogP contribution in [-0.4, -0.2) is 36.7 Å². The van der Waals surface area contributed by atoms with Crippen LogP contribution in [0.2, 0.25) is 0 Å².